The Bertz CT molecular complexity index is 731. The Balaban J connectivity index is 1.75. The van der Waals surface area contributed by atoms with Crippen LogP contribution in [0, 0.1) is 11.8 Å². The molecule has 136 valence electrons. The van der Waals surface area contributed by atoms with Gasteiger partial charge in [0, 0.05) is 37.3 Å². The third kappa shape index (κ3) is 3.56. The number of carbonyl (C=O) groups excluding carboxylic acids is 1. The summed E-state index contributed by atoms with van der Waals surface area (Å²) in [4.78, 5) is 26.2. The number of hydrogen-bond donors (Lipinski definition) is 1. The number of carbonyl (C=O) groups is 1. The van der Waals surface area contributed by atoms with Crippen molar-refractivity contribution in [1.82, 2.24) is 14.8 Å². The molecule has 1 aromatic rings. The SMILES string of the molecule is COC(=O)C(NC(=S)N1CC2C[C@@H](C1)Cn1c2cccc1=O)C(C)C. The van der Waals surface area contributed by atoms with Crippen LogP contribution in [0.1, 0.15) is 31.9 Å². The first-order valence-electron chi connectivity index (χ1n) is 8.73. The van der Waals surface area contributed by atoms with Gasteiger partial charge in [-0.1, -0.05) is 19.9 Å². The molecule has 2 unspecified atom stereocenters. The van der Waals surface area contributed by atoms with Crippen molar-refractivity contribution in [2.24, 2.45) is 11.8 Å². The molecule has 3 rings (SSSR count). The van der Waals surface area contributed by atoms with Gasteiger partial charge in [-0.2, -0.15) is 0 Å². The van der Waals surface area contributed by atoms with E-state index in [1.165, 1.54) is 7.11 Å². The van der Waals surface area contributed by atoms with Crippen molar-refractivity contribution in [2.45, 2.75) is 38.8 Å². The highest BCUT2D eigenvalue weighted by Gasteiger charge is 2.36. The van der Waals surface area contributed by atoms with Crippen molar-refractivity contribution >= 4 is 23.3 Å². The van der Waals surface area contributed by atoms with Crippen LogP contribution in [0.3, 0.4) is 0 Å². The number of nitrogens with zero attached hydrogens (tertiary/aromatic N) is 2. The summed E-state index contributed by atoms with van der Waals surface area (Å²) < 4.78 is 6.78. The molecule has 1 N–H and O–H groups in total. The molecule has 6 nitrogen and oxygen atoms in total. The Morgan fingerprint density at radius 1 is 1.32 bits per heavy atom. The van der Waals surface area contributed by atoms with Gasteiger partial charge in [0.05, 0.1) is 7.11 Å². The minimum absolute atomic E-state index is 0.0758. The molecule has 0 amide bonds. The van der Waals surface area contributed by atoms with E-state index in [4.69, 9.17) is 17.0 Å². The van der Waals surface area contributed by atoms with Crippen LogP contribution in [-0.2, 0) is 16.1 Å². The molecule has 2 aliphatic heterocycles. The number of methoxy groups -OCH3 is 1. The summed E-state index contributed by atoms with van der Waals surface area (Å²) >= 11 is 5.58. The molecule has 3 heterocycles. The zero-order valence-electron chi connectivity index (χ0n) is 14.9. The van der Waals surface area contributed by atoms with E-state index in [1.807, 2.05) is 30.5 Å². The smallest absolute Gasteiger partial charge is 0.328 e. The molecule has 0 spiro atoms. The summed E-state index contributed by atoms with van der Waals surface area (Å²) in [6.45, 7) is 6.22. The Hall–Kier alpha value is -1.89. The fourth-order valence-electron chi connectivity index (χ4n) is 3.91. The Morgan fingerprint density at radius 3 is 2.76 bits per heavy atom. The minimum atomic E-state index is -0.450. The number of aromatic nitrogens is 1. The maximum Gasteiger partial charge on any atom is 0.328 e. The van der Waals surface area contributed by atoms with Crippen LogP contribution in [0.4, 0.5) is 0 Å². The maximum atomic E-state index is 12.1. The van der Waals surface area contributed by atoms with Crippen LogP contribution in [0.5, 0.6) is 0 Å². The summed E-state index contributed by atoms with van der Waals surface area (Å²) in [6.07, 6.45) is 1.08. The first-order valence-corrected chi connectivity index (χ1v) is 9.14. The van der Waals surface area contributed by atoms with Gasteiger partial charge in [0.1, 0.15) is 6.04 Å². The fourth-order valence-corrected chi connectivity index (χ4v) is 4.19. The third-order valence-electron chi connectivity index (χ3n) is 5.17. The van der Waals surface area contributed by atoms with Gasteiger partial charge in [0.2, 0.25) is 0 Å². The lowest BCUT2D eigenvalue weighted by Crippen LogP contribution is -2.55. The average molecular weight is 363 g/mol. The third-order valence-corrected chi connectivity index (χ3v) is 5.54. The molecule has 0 aromatic carbocycles. The number of likely N-dealkylation sites (tertiary alicyclic amines) is 1. The number of thiocarbonyl (C=S) groups is 1. The second-order valence-electron chi connectivity index (χ2n) is 7.30. The molecule has 7 heteroatoms. The second kappa shape index (κ2) is 7.15. The van der Waals surface area contributed by atoms with E-state index >= 15 is 0 Å². The molecule has 0 aliphatic carbocycles. The molecule has 1 fully saturated rings. The number of nitrogens with one attached hydrogen (secondary N) is 1. The summed E-state index contributed by atoms with van der Waals surface area (Å²) in [5, 5.41) is 3.76. The predicted molar refractivity (Wildman–Crippen MR) is 99.5 cm³/mol. The Kier molecular flexibility index (Phi) is 5.13. The number of ether oxygens (including phenoxy) is 1. The van der Waals surface area contributed by atoms with Crippen LogP contribution in [0.2, 0.25) is 0 Å². The van der Waals surface area contributed by atoms with E-state index in [0.717, 1.165) is 31.7 Å². The van der Waals surface area contributed by atoms with E-state index in [0.29, 0.717) is 11.0 Å². The van der Waals surface area contributed by atoms with E-state index in [-0.39, 0.29) is 23.4 Å². The number of esters is 1. The van der Waals surface area contributed by atoms with Crippen LogP contribution in [-0.4, -0.2) is 46.8 Å². The van der Waals surface area contributed by atoms with Crippen molar-refractivity contribution in [3.8, 4) is 0 Å². The van der Waals surface area contributed by atoms with Gasteiger partial charge in [-0.05, 0) is 36.5 Å². The summed E-state index contributed by atoms with van der Waals surface area (Å²) in [6, 6.07) is 5.04. The first kappa shape index (κ1) is 17.9. The number of rotatable bonds is 3. The van der Waals surface area contributed by atoms with Crippen LogP contribution < -0.4 is 10.9 Å². The summed E-state index contributed by atoms with van der Waals surface area (Å²) in [5.41, 5.74) is 1.16. The quantitative estimate of drug-likeness (QED) is 0.646. The fraction of sp³-hybridized carbons (Fsp3) is 0.611. The zero-order chi connectivity index (χ0) is 18.1. The van der Waals surface area contributed by atoms with Gasteiger partial charge in [0.25, 0.3) is 5.56 Å². The van der Waals surface area contributed by atoms with E-state index in [2.05, 4.69) is 10.2 Å². The number of fused-ring (bicyclic) bond motifs is 4. The lowest BCUT2D eigenvalue weighted by atomic mass is 9.83. The van der Waals surface area contributed by atoms with Crippen LogP contribution >= 0.6 is 12.2 Å². The van der Waals surface area contributed by atoms with Gasteiger partial charge in [-0.25, -0.2) is 4.79 Å². The van der Waals surface area contributed by atoms with Crippen LogP contribution in [0.25, 0.3) is 0 Å². The molecule has 25 heavy (non-hydrogen) atoms. The highest BCUT2D eigenvalue weighted by atomic mass is 32.1. The lowest BCUT2D eigenvalue weighted by molar-refractivity contribution is -0.143. The Morgan fingerprint density at radius 2 is 2.08 bits per heavy atom. The lowest BCUT2D eigenvalue weighted by Gasteiger charge is -2.44. The second-order valence-corrected chi connectivity index (χ2v) is 7.68. The highest BCUT2D eigenvalue weighted by molar-refractivity contribution is 7.80. The van der Waals surface area contributed by atoms with E-state index < -0.39 is 6.04 Å². The molecule has 2 aliphatic rings. The van der Waals surface area contributed by atoms with Crippen LogP contribution in [0.15, 0.2) is 23.0 Å². The standard InChI is InChI=1S/C18H25N3O3S/c1-11(2)16(17(23)24-3)19-18(25)20-8-12-7-13(10-20)14-5-4-6-15(22)21(14)9-12/h4-6,11-13,16H,7-10H2,1-3H3,(H,19,25)/t12-,13?,16?/m0/s1. The van der Waals surface area contributed by atoms with Crippen molar-refractivity contribution in [3.05, 3.63) is 34.2 Å². The van der Waals surface area contributed by atoms with E-state index in [1.54, 1.807) is 6.07 Å². The molecular formula is C18H25N3O3S. The molecule has 1 aromatic heterocycles. The van der Waals surface area contributed by atoms with Gasteiger partial charge in [-0.3, -0.25) is 4.79 Å². The van der Waals surface area contributed by atoms with Gasteiger partial charge in [0.15, 0.2) is 5.11 Å². The Labute approximate surface area is 153 Å². The zero-order valence-corrected chi connectivity index (χ0v) is 15.7. The largest absolute Gasteiger partial charge is 0.467 e. The molecule has 0 radical (unpaired) electrons. The first-order chi connectivity index (χ1) is 11.9. The molecule has 1 saturated heterocycles. The molecular weight excluding hydrogens is 338 g/mol. The predicted octanol–water partition coefficient (Wildman–Crippen LogP) is 1.34. The van der Waals surface area contributed by atoms with E-state index in [9.17, 15) is 9.59 Å². The normalized spacial score (nSPS) is 23.0. The minimum Gasteiger partial charge on any atom is -0.467 e. The molecule has 0 saturated carbocycles. The van der Waals surface area contributed by atoms with Crippen molar-refractivity contribution in [3.63, 3.8) is 0 Å². The highest BCUT2D eigenvalue weighted by Crippen LogP contribution is 2.34. The summed E-state index contributed by atoms with van der Waals surface area (Å²) in [7, 11) is 1.39. The number of piperidine rings is 1. The average Bonchev–Trinajstić information content (AvgIpc) is 2.59. The van der Waals surface area contributed by atoms with Gasteiger partial charge in [-0.15, -0.1) is 0 Å². The summed E-state index contributed by atoms with van der Waals surface area (Å²) in [5.74, 6) is 0.457. The number of pyridine rings is 1. The van der Waals surface area contributed by atoms with Crippen molar-refractivity contribution in [2.75, 3.05) is 20.2 Å². The monoisotopic (exact) mass is 363 g/mol. The number of hydrogen-bond acceptors (Lipinski definition) is 4. The van der Waals surface area contributed by atoms with Gasteiger partial charge >= 0.3 is 5.97 Å². The maximum absolute atomic E-state index is 12.1. The van der Waals surface area contributed by atoms with Crippen molar-refractivity contribution in [1.29, 1.82) is 0 Å². The topological polar surface area (TPSA) is 63.6 Å². The van der Waals surface area contributed by atoms with Gasteiger partial charge < -0.3 is 19.5 Å². The van der Waals surface area contributed by atoms with Crippen molar-refractivity contribution < 1.29 is 9.53 Å². The molecule has 2 bridgehead atoms. The molecule has 3 atom stereocenters.